The van der Waals surface area contributed by atoms with Gasteiger partial charge in [-0.1, -0.05) is 0 Å². The number of hydrogen-bond donors (Lipinski definition) is 0. The highest BCUT2D eigenvalue weighted by Gasteiger charge is 2.30. The van der Waals surface area contributed by atoms with E-state index in [0.717, 1.165) is 0 Å². The van der Waals surface area contributed by atoms with Crippen molar-refractivity contribution in [1.29, 1.82) is 5.26 Å². The number of likely N-dealkylation sites (tertiary alicyclic amines) is 1. The van der Waals surface area contributed by atoms with Gasteiger partial charge in [0.2, 0.25) is 0 Å². The maximum atomic E-state index is 12.7. The molecule has 2 aliphatic rings. The molecule has 0 aromatic carbocycles. The molecule has 9 heteroatoms. The Morgan fingerprint density at radius 3 is 2.43 bits per heavy atom. The lowest BCUT2D eigenvalue weighted by Crippen LogP contribution is -2.47. The predicted octanol–water partition coefficient (Wildman–Crippen LogP) is 1.25. The van der Waals surface area contributed by atoms with E-state index in [0.29, 0.717) is 64.5 Å². The molecule has 30 heavy (non-hydrogen) atoms. The molecule has 0 unspecified atom stereocenters. The third-order valence-electron chi connectivity index (χ3n) is 5.40. The monoisotopic (exact) mass is 414 g/mol. The van der Waals surface area contributed by atoms with E-state index in [1.165, 1.54) is 6.26 Å². The van der Waals surface area contributed by atoms with Crippen molar-refractivity contribution in [3.05, 3.63) is 35.9 Å². The number of hydrogen-bond acceptors (Lipinski definition) is 7. The molecule has 0 atom stereocenters. The Hall–Kier alpha value is -3.28. The van der Waals surface area contributed by atoms with Crippen LogP contribution in [0.3, 0.4) is 0 Å². The van der Waals surface area contributed by atoms with Gasteiger partial charge in [-0.3, -0.25) is 14.4 Å². The van der Waals surface area contributed by atoms with Crippen LogP contribution >= 0.6 is 0 Å². The van der Waals surface area contributed by atoms with Gasteiger partial charge in [-0.2, -0.15) is 5.26 Å². The van der Waals surface area contributed by atoms with Gasteiger partial charge in [0.1, 0.15) is 11.6 Å². The van der Waals surface area contributed by atoms with Crippen molar-refractivity contribution in [2.24, 2.45) is 5.92 Å². The van der Waals surface area contributed by atoms with Gasteiger partial charge in [0.15, 0.2) is 5.76 Å². The summed E-state index contributed by atoms with van der Waals surface area (Å²) in [4.78, 5) is 42.1. The van der Waals surface area contributed by atoms with Crippen molar-refractivity contribution >= 4 is 17.8 Å². The summed E-state index contributed by atoms with van der Waals surface area (Å²) in [5.74, 6) is -0.595. The normalized spacial score (nSPS) is 18.1. The molecular formula is C21H26N4O5. The number of amides is 2. The number of piperidine rings is 1. The molecule has 160 valence electrons. The van der Waals surface area contributed by atoms with Crippen LogP contribution in [0, 0.1) is 17.2 Å². The molecule has 0 bridgehead atoms. The second-order valence-corrected chi connectivity index (χ2v) is 7.28. The smallest absolute Gasteiger partial charge is 0.309 e. The topological polar surface area (TPSA) is 107 Å². The maximum Gasteiger partial charge on any atom is 0.309 e. The molecule has 9 nitrogen and oxygen atoms in total. The van der Waals surface area contributed by atoms with Crippen LogP contribution in [0.5, 0.6) is 0 Å². The standard InChI is InChI=1S/C21H26N4O5/c1-2-29-21(28)16-5-7-24(8-6-16)19(26)17(14-22)15-23-9-11-25(12-10-23)20(27)18-4-3-13-30-18/h3-4,13,15-16H,2,5-12H2,1H3/b17-15-. The first kappa shape index (κ1) is 21.4. The first-order valence-electron chi connectivity index (χ1n) is 10.2. The third-order valence-corrected chi connectivity index (χ3v) is 5.40. The molecule has 0 spiro atoms. The van der Waals surface area contributed by atoms with E-state index in [9.17, 15) is 19.6 Å². The molecular weight excluding hydrogens is 388 g/mol. The lowest BCUT2D eigenvalue weighted by Gasteiger charge is -2.34. The fraction of sp³-hybridized carbons (Fsp3) is 0.524. The van der Waals surface area contributed by atoms with Crippen LogP contribution < -0.4 is 0 Å². The van der Waals surface area contributed by atoms with Crippen molar-refractivity contribution in [3.63, 3.8) is 0 Å². The average molecular weight is 414 g/mol. The van der Waals surface area contributed by atoms with E-state index in [4.69, 9.17) is 9.15 Å². The first-order valence-corrected chi connectivity index (χ1v) is 10.2. The third kappa shape index (κ3) is 5.00. The summed E-state index contributed by atoms with van der Waals surface area (Å²) in [7, 11) is 0. The predicted molar refractivity (Wildman–Crippen MR) is 106 cm³/mol. The van der Waals surface area contributed by atoms with E-state index >= 15 is 0 Å². The van der Waals surface area contributed by atoms with Crippen LogP contribution in [0.15, 0.2) is 34.6 Å². The number of furan rings is 1. The molecule has 1 aromatic rings. The fourth-order valence-electron chi connectivity index (χ4n) is 3.67. The molecule has 2 aliphatic heterocycles. The highest BCUT2D eigenvalue weighted by molar-refractivity contribution is 5.97. The highest BCUT2D eigenvalue weighted by Crippen LogP contribution is 2.20. The molecule has 0 N–H and O–H groups in total. The molecule has 3 heterocycles. The molecule has 0 radical (unpaired) electrons. The van der Waals surface area contributed by atoms with Crippen molar-refractivity contribution in [3.8, 4) is 6.07 Å². The summed E-state index contributed by atoms with van der Waals surface area (Å²) in [5, 5.41) is 9.49. The number of ether oxygens (including phenoxy) is 1. The number of esters is 1. The molecule has 0 aliphatic carbocycles. The summed E-state index contributed by atoms with van der Waals surface area (Å²) in [5.41, 5.74) is 0.0652. The van der Waals surface area contributed by atoms with Crippen molar-refractivity contribution < 1.29 is 23.5 Å². The number of carbonyl (C=O) groups excluding carboxylic acids is 3. The number of carbonyl (C=O) groups is 3. The summed E-state index contributed by atoms with van der Waals surface area (Å²) in [6.07, 6.45) is 4.12. The van der Waals surface area contributed by atoms with E-state index in [1.807, 2.05) is 11.0 Å². The minimum Gasteiger partial charge on any atom is -0.466 e. The first-order chi connectivity index (χ1) is 14.5. The van der Waals surface area contributed by atoms with Gasteiger partial charge in [0.05, 0.1) is 18.8 Å². The lowest BCUT2D eigenvalue weighted by atomic mass is 9.96. The Bertz CT molecular complexity index is 826. The Balaban J connectivity index is 1.52. The molecule has 0 saturated carbocycles. The fourth-order valence-corrected chi connectivity index (χ4v) is 3.67. The van der Waals surface area contributed by atoms with Gasteiger partial charge in [-0.05, 0) is 31.9 Å². The molecule has 2 fully saturated rings. The summed E-state index contributed by atoms with van der Waals surface area (Å²) in [6.45, 7) is 4.97. The van der Waals surface area contributed by atoms with Crippen LogP contribution in [-0.4, -0.2) is 78.4 Å². The van der Waals surface area contributed by atoms with Gasteiger partial charge in [-0.25, -0.2) is 0 Å². The summed E-state index contributed by atoms with van der Waals surface area (Å²) >= 11 is 0. The highest BCUT2D eigenvalue weighted by atomic mass is 16.5. The Morgan fingerprint density at radius 1 is 1.17 bits per heavy atom. The van der Waals surface area contributed by atoms with Crippen molar-refractivity contribution in [1.82, 2.24) is 14.7 Å². The van der Waals surface area contributed by atoms with Crippen LogP contribution in [0.25, 0.3) is 0 Å². The lowest BCUT2D eigenvalue weighted by molar-refractivity contribution is -0.150. The summed E-state index contributed by atoms with van der Waals surface area (Å²) < 4.78 is 10.2. The summed E-state index contributed by atoms with van der Waals surface area (Å²) in [6, 6.07) is 5.30. The zero-order valence-corrected chi connectivity index (χ0v) is 17.1. The number of rotatable bonds is 5. The Kier molecular flexibility index (Phi) is 7.12. The second kappa shape index (κ2) is 9.96. The number of nitriles is 1. The van der Waals surface area contributed by atoms with Crippen LogP contribution in [0.2, 0.25) is 0 Å². The van der Waals surface area contributed by atoms with E-state index < -0.39 is 0 Å². The Morgan fingerprint density at radius 2 is 1.87 bits per heavy atom. The molecule has 3 rings (SSSR count). The SMILES string of the molecule is CCOC(=O)C1CCN(C(=O)/C(C#N)=C\N2CCN(C(=O)c3ccco3)CC2)CC1. The van der Waals surface area contributed by atoms with Gasteiger partial charge >= 0.3 is 5.97 Å². The minimum atomic E-state index is -0.325. The zero-order valence-electron chi connectivity index (χ0n) is 17.1. The van der Waals surface area contributed by atoms with Crippen LogP contribution in [0.1, 0.15) is 30.3 Å². The van der Waals surface area contributed by atoms with Gasteiger partial charge in [0, 0.05) is 45.5 Å². The second-order valence-electron chi connectivity index (χ2n) is 7.28. The van der Waals surface area contributed by atoms with E-state index in [-0.39, 0.29) is 29.3 Å². The van der Waals surface area contributed by atoms with Crippen LogP contribution in [0.4, 0.5) is 0 Å². The van der Waals surface area contributed by atoms with Gasteiger partial charge in [-0.15, -0.1) is 0 Å². The van der Waals surface area contributed by atoms with Gasteiger partial charge < -0.3 is 23.9 Å². The van der Waals surface area contributed by atoms with E-state index in [2.05, 4.69) is 0 Å². The molecule has 2 saturated heterocycles. The number of piperazine rings is 1. The maximum absolute atomic E-state index is 12.7. The van der Waals surface area contributed by atoms with Crippen molar-refractivity contribution in [2.45, 2.75) is 19.8 Å². The number of nitrogens with zero attached hydrogens (tertiary/aromatic N) is 4. The van der Waals surface area contributed by atoms with Crippen LogP contribution in [-0.2, 0) is 14.3 Å². The van der Waals surface area contributed by atoms with Crippen molar-refractivity contribution in [2.75, 3.05) is 45.9 Å². The minimum absolute atomic E-state index is 0.0652. The molecule has 1 aromatic heterocycles. The quantitative estimate of drug-likeness (QED) is 0.405. The van der Waals surface area contributed by atoms with E-state index in [1.54, 1.807) is 35.1 Å². The van der Waals surface area contributed by atoms with Gasteiger partial charge in [0.25, 0.3) is 11.8 Å². The average Bonchev–Trinajstić information content (AvgIpc) is 3.32. The molecule has 2 amide bonds. The zero-order chi connectivity index (χ0) is 21.5. The Labute approximate surface area is 175 Å². The largest absolute Gasteiger partial charge is 0.466 e.